The summed E-state index contributed by atoms with van der Waals surface area (Å²) in [6.45, 7) is 7.08. The van der Waals surface area contributed by atoms with Crippen molar-refractivity contribution in [2.45, 2.75) is 26.4 Å². The van der Waals surface area contributed by atoms with Crippen molar-refractivity contribution in [2.75, 3.05) is 0 Å². The molecule has 0 radical (unpaired) electrons. The molecular formula is C7H12O2. The van der Waals surface area contributed by atoms with Crippen LogP contribution in [-0.4, -0.2) is 12.1 Å². The second-order valence-corrected chi connectivity index (χ2v) is 1.86. The van der Waals surface area contributed by atoms with Crippen LogP contribution in [0.3, 0.4) is 0 Å². The third kappa shape index (κ3) is 3.76. The maximum atomic E-state index is 10.4. The molecule has 0 aliphatic heterocycles. The van der Waals surface area contributed by atoms with E-state index >= 15 is 0 Å². The van der Waals surface area contributed by atoms with Crippen molar-refractivity contribution in [1.29, 1.82) is 0 Å². The number of hydrogen-bond acceptors (Lipinski definition) is 2. The molecule has 0 aromatic rings. The van der Waals surface area contributed by atoms with E-state index in [9.17, 15) is 4.79 Å². The fourth-order valence-corrected chi connectivity index (χ4v) is 0.330. The van der Waals surface area contributed by atoms with Crippen molar-refractivity contribution in [1.82, 2.24) is 0 Å². The second-order valence-electron chi connectivity index (χ2n) is 1.86. The zero-order valence-corrected chi connectivity index (χ0v) is 5.89. The summed E-state index contributed by atoms with van der Waals surface area (Å²) < 4.78 is 4.79. The van der Waals surface area contributed by atoms with Crippen LogP contribution < -0.4 is 0 Å². The summed E-state index contributed by atoms with van der Waals surface area (Å²) in [6.07, 6.45) is 2.03. The highest BCUT2D eigenvalue weighted by Crippen LogP contribution is 1.95. The summed E-state index contributed by atoms with van der Waals surface area (Å²) in [7, 11) is 0. The SMILES string of the molecule is C=CC(=O)O[C@@H](C)CC. The van der Waals surface area contributed by atoms with Gasteiger partial charge in [0.2, 0.25) is 0 Å². The van der Waals surface area contributed by atoms with Gasteiger partial charge in [0.25, 0.3) is 0 Å². The minimum absolute atomic E-state index is 0.00972. The molecule has 0 aromatic heterocycles. The van der Waals surface area contributed by atoms with E-state index in [1.807, 2.05) is 13.8 Å². The Morgan fingerprint density at radius 1 is 1.89 bits per heavy atom. The van der Waals surface area contributed by atoms with Crippen LogP contribution in [0.15, 0.2) is 12.7 Å². The second kappa shape index (κ2) is 4.13. The molecule has 0 aliphatic carbocycles. The first-order valence-corrected chi connectivity index (χ1v) is 3.03. The van der Waals surface area contributed by atoms with Crippen LogP contribution in [0.2, 0.25) is 0 Å². The Morgan fingerprint density at radius 3 is 2.78 bits per heavy atom. The molecule has 0 heterocycles. The van der Waals surface area contributed by atoms with Crippen LogP contribution in [0.5, 0.6) is 0 Å². The predicted octanol–water partition coefficient (Wildman–Crippen LogP) is 1.51. The normalized spacial score (nSPS) is 12.2. The van der Waals surface area contributed by atoms with Gasteiger partial charge in [0.1, 0.15) is 0 Å². The smallest absolute Gasteiger partial charge is 0.330 e. The Morgan fingerprint density at radius 2 is 2.44 bits per heavy atom. The van der Waals surface area contributed by atoms with Crippen LogP contribution >= 0.6 is 0 Å². The van der Waals surface area contributed by atoms with Gasteiger partial charge >= 0.3 is 5.97 Å². The van der Waals surface area contributed by atoms with Gasteiger partial charge in [0.15, 0.2) is 0 Å². The van der Waals surface area contributed by atoms with E-state index in [0.717, 1.165) is 6.42 Å². The first-order valence-electron chi connectivity index (χ1n) is 3.03. The number of esters is 1. The van der Waals surface area contributed by atoms with Crippen LogP contribution in [-0.2, 0) is 9.53 Å². The molecule has 0 aromatic carbocycles. The van der Waals surface area contributed by atoms with Crippen molar-refractivity contribution in [3.63, 3.8) is 0 Å². The van der Waals surface area contributed by atoms with E-state index < -0.39 is 0 Å². The lowest BCUT2D eigenvalue weighted by molar-refractivity contribution is -0.142. The van der Waals surface area contributed by atoms with Gasteiger partial charge in [0.05, 0.1) is 6.10 Å². The Kier molecular flexibility index (Phi) is 3.76. The zero-order valence-electron chi connectivity index (χ0n) is 5.89. The maximum Gasteiger partial charge on any atom is 0.330 e. The number of carbonyl (C=O) groups is 1. The summed E-state index contributed by atoms with van der Waals surface area (Å²) in [6, 6.07) is 0. The Labute approximate surface area is 55.5 Å². The number of carbonyl (C=O) groups excluding carboxylic acids is 1. The molecule has 0 saturated heterocycles. The van der Waals surface area contributed by atoms with E-state index in [1.54, 1.807) is 0 Å². The third-order valence-corrected chi connectivity index (χ3v) is 1.06. The van der Waals surface area contributed by atoms with E-state index in [0.29, 0.717) is 0 Å². The lowest BCUT2D eigenvalue weighted by atomic mass is 10.3. The zero-order chi connectivity index (χ0) is 7.28. The van der Waals surface area contributed by atoms with Crippen LogP contribution in [0.1, 0.15) is 20.3 Å². The van der Waals surface area contributed by atoms with Crippen molar-refractivity contribution in [2.24, 2.45) is 0 Å². The first kappa shape index (κ1) is 8.21. The number of rotatable bonds is 3. The molecule has 0 amide bonds. The molecule has 0 rings (SSSR count). The van der Waals surface area contributed by atoms with Gasteiger partial charge < -0.3 is 4.74 Å². The van der Waals surface area contributed by atoms with Crippen molar-refractivity contribution in [3.8, 4) is 0 Å². The van der Waals surface area contributed by atoms with Gasteiger partial charge in [-0.1, -0.05) is 13.5 Å². The van der Waals surface area contributed by atoms with E-state index in [-0.39, 0.29) is 12.1 Å². The molecule has 1 atom stereocenters. The van der Waals surface area contributed by atoms with E-state index in [4.69, 9.17) is 4.74 Å². The minimum Gasteiger partial charge on any atom is -0.460 e. The predicted molar refractivity (Wildman–Crippen MR) is 36.0 cm³/mol. The number of ether oxygens (including phenoxy) is 1. The van der Waals surface area contributed by atoms with Gasteiger partial charge in [-0.05, 0) is 13.3 Å². The van der Waals surface area contributed by atoms with Gasteiger partial charge in [-0.2, -0.15) is 0 Å². The van der Waals surface area contributed by atoms with Crippen LogP contribution in [0, 0.1) is 0 Å². The average molecular weight is 128 g/mol. The van der Waals surface area contributed by atoms with Gasteiger partial charge in [-0.25, -0.2) is 4.79 Å². The minimum atomic E-state index is -0.343. The van der Waals surface area contributed by atoms with E-state index in [2.05, 4.69) is 6.58 Å². The van der Waals surface area contributed by atoms with E-state index in [1.165, 1.54) is 6.08 Å². The lowest BCUT2D eigenvalue weighted by Gasteiger charge is -2.07. The lowest BCUT2D eigenvalue weighted by Crippen LogP contribution is -2.10. The monoisotopic (exact) mass is 128 g/mol. The molecular weight excluding hydrogens is 116 g/mol. The summed E-state index contributed by atoms with van der Waals surface area (Å²) in [4.78, 5) is 10.4. The standard InChI is InChI=1S/C7H12O2/c1-4-6(3)9-7(8)5-2/h5-6H,2,4H2,1,3H3/t6-/m0/s1. The molecule has 0 fully saturated rings. The fraction of sp³-hybridized carbons (Fsp3) is 0.571. The summed E-state index contributed by atoms with van der Waals surface area (Å²) in [5.41, 5.74) is 0. The quantitative estimate of drug-likeness (QED) is 0.425. The average Bonchev–Trinajstić information content (AvgIpc) is 1.87. The van der Waals surface area contributed by atoms with Crippen LogP contribution in [0.25, 0.3) is 0 Å². The topological polar surface area (TPSA) is 26.3 Å². The molecule has 52 valence electrons. The highest BCUT2D eigenvalue weighted by molar-refractivity contribution is 5.81. The molecule has 2 heteroatoms. The molecule has 0 spiro atoms. The summed E-state index contributed by atoms with van der Waals surface area (Å²) >= 11 is 0. The third-order valence-electron chi connectivity index (χ3n) is 1.06. The summed E-state index contributed by atoms with van der Waals surface area (Å²) in [5, 5.41) is 0. The molecule has 0 saturated carbocycles. The fourth-order valence-electron chi connectivity index (χ4n) is 0.330. The maximum absolute atomic E-state index is 10.4. The molecule has 0 bridgehead atoms. The largest absolute Gasteiger partial charge is 0.460 e. The first-order chi connectivity index (χ1) is 4.20. The molecule has 0 aliphatic rings. The molecule has 0 N–H and O–H groups in total. The van der Waals surface area contributed by atoms with Crippen molar-refractivity contribution in [3.05, 3.63) is 12.7 Å². The number of hydrogen-bond donors (Lipinski definition) is 0. The van der Waals surface area contributed by atoms with Gasteiger partial charge in [0, 0.05) is 6.08 Å². The summed E-state index contributed by atoms with van der Waals surface area (Å²) in [5.74, 6) is -0.343. The van der Waals surface area contributed by atoms with Crippen molar-refractivity contribution < 1.29 is 9.53 Å². The molecule has 2 nitrogen and oxygen atoms in total. The Balaban J connectivity index is 3.46. The van der Waals surface area contributed by atoms with Crippen molar-refractivity contribution >= 4 is 5.97 Å². The Bertz CT molecular complexity index is 107. The van der Waals surface area contributed by atoms with Crippen LogP contribution in [0.4, 0.5) is 0 Å². The van der Waals surface area contributed by atoms with Gasteiger partial charge in [-0.15, -0.1) is 0 Å². The molecule has 0 unspecified atom stereocenters. The highest BCUT2D eigenvalue weighted by Gasteiger charge is 2.01. The van der Waals surface area contributed by atoms with Gasteiger partial charge in [-0.3, -0.25) is 0 Å². The Hall–Kier alpha value is -0.790. The molecule has 9 heavy (non-hydrogen) atoms. The highest BCUT2D eigenvalue weighted by atomic mass is 16.5.